The van der Waals surface area contributed by atoms with Gasteiger partial charge in [0.05, 0.1) is 19.1 Å². The van der Waals surface area contributed by atoms with Crippen molar-refractivity contribution in [2.45, 2.75) is 26.7 Å². The summed E-state index contributed by atoms with van der Waals surface area (Å²) in [5.74, 6) is 1.81. The third-order valence-corrected chi connectivity index (χ3v) is 5.93. The molecule has 0 aliphatic carbocycles. The predicted molar refractivity (Wildman–Crippen MR) is 113 cm³/mol. The summed E-state index contributed by atoms with van der Waals surface area (Å²) >= 11 is 0. The molecule has 0 unspecified atom stereocenters. The van der Waals surface area contributed by atoms with Crippen molar-refractivity contribution in [3.05, 3.63) is 42.7 Å². The lowest BCUT2D eigenvalue weighted by atomic mass is 9.81. The zero-order valence-corrected chi connectivity index (χ0v) is 17.2. The van der Waals surface area contributed by atoms with E-state index in [4.69, 9.17) is 9.47 Å². The van der Waals surface area contributed by atoms with E-state index in [1.165, 1.54) is 0 Å². The zero-order chi connectivity index (χ0) is 20.4. The van der Waals surface area contributed by atoms with Crippen LogP contribution in [-0.2, 0) is 4.79 Å². The van der Waals surface area contributed by atoms with Crippen molar-refractivity contribution < 1.29 is 14.3 Å². The Morgan fingerprint density at radius 3 is 2.59 bits per heavy atom. The number of nitrogens with one attached hydrogen (secondary N) is 1. The van der Waals surface area contributed by atoms with Gasteiger partial charge >= 0.3 is 0 Å². The van der Waals surface area contributed by atoms with Gasteiger partial charge < -0.3 is 19.4 Å². The summed E-state index contributed by atoms with van der Waals surface area (Å²) < 4.78 is 11.6. The van der Waals surface area contributed by atoms with Gasteiger partial charge in [-0.25, -0.2) is 4.98 Å². The largest absolute Gasteiger partial charge is 0.497 e. The number of fused-ring (bicyclic) bond motifs is 1. The van der Waals surface area contributed by atoms with E-state index in [1.54, 1.807) is 20.2 Å². The number of piperidine rings is 1. The molecule has 1 N–H and O–H groups in total. The number of ether oxygens (including phenoxy) is 2. The van der Waals surface area contributed by atoms with Crippen LogP contribution in [0.5, 0.6) is 11.5 Å². The number of amides is 1. The number of aromatic nitrogens is 2. The Hall–Kier alpha value is -3.02. The first-order valence-corrected chi connectivity index (χ1v) is 9.98. The number of nitrogens with zero attached hydrogens (tertiary/aromatic N) is 2. The molecular formula is C23H27N3O3. The maximum Gasteiger partial charge on any atom is 0.219 e. The summed E-state index contributed by atoms with van der Waals surface area (Å²) in [7, 11) is 1.66. The number of aromatic amines is 1. The van der Waals surface area contributed by atoms with Crippen LogP contribution in [0.15, 0.2) is 42.7 Å². The van der Waals surface area contributed by atoms with Crippen molar-refractivity contribution >= 4 is 16.9 Å². The van der Waals surface area contributed by atoms with Crippen molar-refractivity contribution in [1.82, 2.24) is 14.9 Å². The molecule has 1 aromatic carbocycles. The molecule has 1 aliphatic heterocycles. The van der Waals surface area contributed by atoms with Crippen LogP contribution in [0, 0.1) is 5.41 Å². The molecule has 3 heterocycles. The number of methoxy groups -OCH3 is 1. The Balaban J connectivity index is 1.56. The number of likely N-dealkylation sites (tertiary alicyclic amines) is 1. The van der Waals surface area contributed by atoms with Crippen molar-refractivity contribution in [3.63, 3.8) is 0 Å². The third-order valence-electron chi connectivity index (χ3n) is 5.93. The van der Waals surface area contributed by atoms with Gasteiger partial charge in [0.15, 0.2) is 0 Å². The fourth-order valence-corrected chi connectivity index (χ4v) is 3.90. The lowest BCUT2D eigenvalue weighted by molar-refractivity contribution is -0.131. The molecule has 6 nitrogen and oxygen atoms in total. The zero-order valence-electron chi connectivity index (χ0n) is 17.2. The van der Waals surface area contributed by atoms with Crippen molar-refractivity contribution in [1.29, 1.82) is 0 Å². The Kier molecular flexibility index (Phi) is 5.18. The average molecular weight is 393 g/mol. The first kappa shape index (κ1) is 19.3. The standard InChI is InChI=1S/C23H27N3O3/c1-16(27)26-12-9-23(2,10-13-26)15-29-20-8-11-24-22-21(20)19(14-25-22)17-4-6-18(28-3)7-5-17/h4-8,11,14H,9-10,12-13,15H2,1-3H3,(H,24,25). The van der Waals surface area contributed by atoms with E-state index in [1.807, 2.05) is 41.4 Å². The van der Waals surface area contributed by atoms with Gasteiger partial charge in [0, 0.05) is 43.4 Å². The minimum atomic E-state index is 0.0537. The van der Waals surface area contributed by atoms with Crippen LogP contribution < -0.4 is 9.47 Å². The minimum Gasteiger partial charge on any atom is -0.497 e. The molecule has 1 amide bonds. The van der Waals surface area contributed by atoms with Crippen LogP contribution in [0.3, 0.4) is 0 Å². The Morgan fingerprint density at radius 2 is 1.93 bits per heavy atom. The molecule has 1 saturated heterocycles. The monoisotopic (exact) mass is 393 g/mol. The summed E-state index contributed by atoms with van der Waals surface area (Å²) in [6.07, 6.45) is 5.63. The van der Waals surface area contributed by atoms with Crippen LogP contribution in [0.2, 0.25) is 0 Å². The molecule has 0 radical (unpaired) electrons. The normalized spacial score (nSPS) is 16.0. The van der Waals surface area contributed by atoms with E-state index in [-0.39, 0.29) is 11.3 Å². The van der Waals surface area contributed by atoms with E-state index >= 15 is 0 Å². The quantitative estimate of drug-likeness (QED) is 0.703. The van der Waals surface area contributed by atoms with E-state index < -0.39 is 0 Å². The van der Waals surface area contributed by atoms with E-state index in [9.17, 15) is 4.79 Å². The molecule has 0 saturated carbocycles. The van der Waals surface area contributed by atoms with E-state index in [2.05, 4.69) is 16.9 Å². The first-order chi connectivity index (χ1) is 14.0. The van der Waals surface area contributed by atoms with Crippen LogP contribution in [-0.4, -0.2) is 47.6 Å². The molecule has 1 fully saturated rings. The molecule has 3 aromatic rings. The lowest BCUT2D eigenvalue weighted by Gasteiger charge is -2.38. The Morgan fingerprint density at radius 1 is 1.21 bits per heavy atom. The highest BCUT2D eigenvalue weighted by Gasteiger charge is 2.32. The number of rotatable bonds is 5. The number of pyridine rings is 1. The van der Waals surface area contributed by atoms with Gasteiger partial charge in [-0.05, 0) is 36.6 Å². The summed E-state index contributed by atoms with van der Waals surface area (Å²) in [6, 6.07) is 9.91. The van der Waals surface area contributed by atoms with Gasteiger partial charge in [0.25, 0.3) is 0 Å². The van der Waals surface area contributed by atoms with Gasteiger partial charge in [-0.15, -0.1) is 0 Å². The second kappa shape index (κ2) is 7.78. The number of benzene rings is 1. The first-order valence-electron chi connectivity index (χ1n) is 9.98. The molecule has 6 heteroatoms. The second-order valence-corrected chi connectivity index (χ2v) is 8.07. The Labute approximate surface area is 170 Å². The second-order valence-electron chi connectivity index (χ2n) is 8.07. The van der Waals surface area contributed by atoms with Gasteiger partial charge in [-0.2, -0.15) is 0 Å². The number of carbonyl (C=O) groups is 1. The number of hydrogen-bond acceptors (Lipinski definition) is 4. The van der Waals surface area contributed by atoms with Gasteiger partial charge in [0.1, 0.15) is 17.1 Å². The minimum absolute atomic E-state index is 0.0537. The summed E-state index contributed by atoms with van der Waals surface area (Å²) in [4.78, 5) is 21.2. The molecular weight excluding hydrogens is 366 g/mol. The molecule has 29 heavy (non-hydrogen) atoms. The van der Waals surface area contributed by atoms with Gasteiger partial charge in [0.2, 0.25) is 5.91 Å². The number of hydrogen-bond donors (Lipinski definition) is 1. The third kappa shape index (κ3) is 3.92. The molecule has 152 valence electrons. The predicted octanol–water partition coefficient (Wildman–Crippen LogP) is 4.27. The van der Waals surface area contributed by atoms with Gasteiger partial charge in [-0.3, -0.25) is 4.79 Å². The highest BCUT2D eigenvalue weighted by atomic mass is 16.5. The molecule has 0 atom stereocenters. The van der Waals surface area contributed by atoms with Crippen molar-refractivity contribution in [3.8, 4) is 22.6 Å². The van der Waals surface area contributed by atoms with Crippen LogP contribution >= 0.6 is 0 Å². The summed E-state index contributed by atoms with van der Waals surface area (Å²) in [6.45, 7) is 6.08. The lowest BCUT2D eigenvalue weighted by Crippen LogP contribution is -2.43. The number of carbonyl (C=O) groups excluding carboxylic acids is 1. The SMILES string of the molecule is COc1ccc(-c2c[nH]c3nccc(OCC4(C)CCN(C(C)=O)CC4)c23)cc1. The molecule has 0 bridgehead atoms. The molecule has 1 aliphatic rings. The van der Waals surface area contributed by atoms with Crippen molar-refractivity contribution in [2.24, 2.45) is 5.41 Å². The molecule has 0 spiro atoms. The van der Waals surface area contributed by atoms with Crippen LogP contribution in [0.25, 0.3) is 22.2 Å². The summed E-state index contributed by atoms with van der Waals surface area (Å²) in [5, 5.41) is 0.988. The topological polar surface area (TPSA) is 67.5 Å². The Bertz CT molecular complexity index is 1000. The maximum atomic E-state index is 11.6. The highest BCUT2D eigenvalue weighted by molar-refractivity contribution is 5.98. The smallest absolute Gasteiger partial charge is 0.219 e. The maximum absolute atomic E-state index is 11.6. The molecule has 2 aromatic heterocycles. The van der Waals surface area contributed by atoms with Crippen molar-refractivity contribution in [2.75, 3.05) is 26.8 Å². The van der Waals surface area contributed by atoms with Crippen LogP contribution in [0.4, 0.5) is 0 Å². The average Bonchev–Trinajstić information content (AvgIpc) is 3.17. The van der Waals surface area contributed by atoms with E-state index in [0.717, 1.165) is 59.6 Å². The van der Waals surface area contributed by atoms with Gasteiger partial charge in [-0.1, -0.05) is 19.1 Å². The molecule has 4 rings (SSSR count). The van der Waals surface area contributed by atoms with Crippen LogP contribution in [0.1, 0.15) is 26.7 Å². The fourth-order valence-electron chi connectivity index (χ4n) is 3.90. The van der Waals surface area contributed by atoms with E-state index in [0.29, 0.717) is 6.61 Å². The number of H-pyrrole nitrogens is 1. The fraction of sp³-hybridized carbons (Fsp3) is 0.391. The summed E-state index contributed by atoms with van der Waals surface area (Å²) in [5.41, 5.74) is 3.00. The highest BCUT2D eigenvalue weighted by Crippen LogP contribution is 2.37.